The Hall–Kier alpha value is -3.30. The van der Waals surface area contributed by atoms with Crippen LogP contribution in [0.15, 0.2) is 96.1 Å². The molecule has 0 saturated heterocycles. The summed E-state index contributed by atoms with van der Waals surface area (Å²) >= 11 is 6.12. The predicted molar refractivity (Wildman–Crippen MR) is 121 cm³/mol. The van der Waals surface area contributed by atoms with Crippen LogP contribution in [0.4, 0.5) is 0 Å². The Morgan fingerprint density at radius 3 is 2.50 bits per heavy atom. The first-order valence-corrected chi connectivity index (χ1v) is 10.5. The van der Waals surface area contributed by atoms with E-state index in [9.17, 15) is 0 Å². The molecule has 0 amide bonds. The minimum atomic E-state index is -0.283. The zero-order valence-electron chi connectivity index (χ0n) is 16.2. The van der Waals surface area contributed by atoms with Gasteiger partial charge >= 0.3 is 0 Å². The zero-order chi connectivity index (χ0) is 20.1. The van der Waals surface area contributed by atoms with Crippen molar-refractivity contribution >= 4 is 28.1 Å². The van der Waals surface area contributed by atoms with Gasteiger partial charge in [0.05, 0.1) is 11.8 Å². The molecular weight excluding hydrogens is 392 g/mol. The van der Waals surface area contributed by atoms with Gasteiger partial charge in [0, 0.05) is 28.1 Å². The maximum absolute atomic E-state index is 6.42. The van der Waals surface area contributed by atoms with Crippen molar-refractivity contribution in [2.75, 3.05) is 0 Å². The molecule has 4 aromatic carbocycles. The topological polar surface area (TPSA) is 24.8 Å². The normalized spacial score (nSPS) is 19.8. The average Bonchev–Trinajstić information content (AvgIpc) is 3.24. The number of fused-ring (bicyclic) bond motifs is 4. The molecule has 0 saturated carbocycles. The maximum Gasteiger partial charge on any atom is 0.213 e. The second kappa shape index (κ2) is 6.89. The Bertz CT molecular complexity index is 1280. The molecule has 0 N–H and O–H groups in total. The predicted octanol–water partition coefficient (Wildman–Crippen LogP) is 6.74. The van der Waals surface area contributed by atoms with E-state index in [-0.39, 0.29) is 12.3 Å². The van der Waals surface area contributed by atoms with Crippen LogP contribution < -0.4 is 4.74 Å². The van der Waals surface area contributed by atoms with Crippen molar-refractivity contribution < 1.29 is 4.74 Å². The minimum Gasteiger partial charge on any atom is -0.464 e. The number of nitrogens with zero attached hydrogens (tertiary/aromatic N) is 2. The second-order valence-electron chi connectivity index (χ2n) is 7.73. The van der Waals surface area contributed by atoms with E-state index in [4.69, 9.17) is 21.4 Å². The molecule has 3 nitrogen and oxygen atoms in total. The lowest BCUT2D eigenvalue weighted by Gasteiger charge is -2.38. The van der Waals surface area contributed by atoms with E-state index in [1.54, 1.807) is 0 Å². The van der Waals surface area contributed by atoms with Gasteiger partial charge in [-0.15, -0.1) is 0 Å². The Balaban J connectivity index is 1.49. The monoisotopic (exact) mass is 410 g/mol. The number of halogens is 1. The van der Waals surface area contributed by atoms with Gasteiger partial charge in [-0.1, -0.05) is 84.4 Å². The maximum atomic E-state index is 6.42. The molecule has 0 fully saturated rings. The van der Waals surface area contributed by atoms with Crippen molar-refractivity contribution in [3.63, 3.8) is 0 Å². The molecule has 6 rings (SSSR count). The van der Waals surface area contributed by atoms with Crippen LogP contribution >= 0.6 is 11.6 Å². The van der Waals surface area contributed by atoms with Crippen LogP contribution in [0.2, 0.25) is 5.02 Å². The van der Waals surface area contributed by atoms with Crippen LogP contribution in [-0.2, 0) is 0 Å². The minimum absolute atomic E-state index is 0.143. The molecule has 0 unspecified atom stereocenters. The third kappa shape index (κ3) is 2.78. The van der Waals surface area contributed by atoms with Crippen molar-refractivity contribution in [3.8, 4) is 5.75 Å². The molecule has 0 radical (unpaired) electrons. The zero-order valence-corrected chi connectivity index (χ0v) is 17.0. The third-order valence-electron chi connectivity index (χ3n) is 5.95. The first-order chi connectivity index (χ1) is 14.8. The fraction of sp³-hybridized carbons (Fsp3) is 0.115. The summed E-state index contributed by atoms with van der Waals surface area (Å²) in [7, 11) is 0. The Labute approximate surface area is 180 Å². The number of para-hydroxylation sites is 1. The van der Waals surface area contributed by atoms with Crippen LogP contribution in [0.5, 0.6) is 5.75 Å². The van der Waals surface area contributed by atoms with Gasteiger partial charge in [0.15, 0.2) is 0 Å². The van der Waals surface area contributed by atoms with E-state index in [1.807, 2.05) is 36.4 Å². The molecule has 2 heterocycles. The van der Waals surface area contributed by atoms with E-state index < -0.39 is 0 Å². The summed E-state index contributed by atoms with van der Waals surface area (Å²) in [6, 6.07) is 31.2. The highest BCUT2D eigenvalue weighted by atomic mass is 35.5. The van der Waals surface area contributed by atoms with Gasteiger partial charge in [-0.05, 0) is 29.0 Å². The van der Waals surface area contributed by atoms with Crippen molar-refractivity contribution in [2.45, 2.75) is 18.7 Å². The van der Waals surface area contributed by atoms with Gasteiger partial charge in [0.1, 0.15) is 5.75 Å². The lowest BCUT2D eigenvalue weighted by atomic mass is 9.93. The van der Waals surface area contributed by atoms with Gasteiger partial charge in [-0.3, -0.25) is 0 Å². The summed E-state index contributed by atoms with van der Waals surface area (Å²) in [4.78, 5) is 0. The first-order valence-electron chi connectivity index (χ1n) is 10.1. The molecular formula is C26H19ClN2O. The summed E-state index contributed by atoms with van der Waals surface area (Å²) in [6.45, 7) is 0. The third-order valence-corrected chi connectivity index (χ3v) is 6.21. The Morgan fingerprint density at radius 1 is 0.833 bits per heavy atom. The Morgan fingerprint density at radius 2 is 1.60 bits per heavy atom. The first kappa shape index (κ1) is 17.5. The summed E-state index contributed by atoms with van der Waals surface area (Å²) in [5.41, 5.74) is 4.51. The lowest BCUT2D eigenvalue weighted by Crippen LogP contribution is -2.33. The quantitative estimate of drug-likeness (QED) is 0.365. The molecule has 2 aliphatic rings. The molecule has 146 valence electrons. The average molecular weight is 411 g/mol. The van der Waals surface area contributed by atoms with Gasteiger partial charge in [-0.25, -0.2) is 5.01 Å². The van der Waals surface area contributed by atoms with Crippen molar-refractivity contribution in [1.29, 1.82) is 0 Å². The highest BCUT2D eigenvalue weighted by Crippen LogP contribution is 2.47. The molecule has 2 aliphatic heterocycles. The number of hydrogen-bond acceptors (Lipinski definition) is 3. The van der Waals surface area contributed by atoms with E-state index in [1.165, 1.54) is 21.9 Å². The standard InChI is InChI=1S/C26H19ClN2O/c27-19-14-12-18(13-15-19)26-29-24(22-9-3-4-11-25(22)30-26)16-23(28-29)21-10-5-7-17-6-1-2-8-20(17)21/h1-15,24,26H,16H2/t24-,26+/m1/s1. The summed E-state index contributed by atoms with van der Waals surface area (Å²) in [6.07, 6.45) is 0.563. The van der Waals surface area contributed by atoms with E-state index >= 15 is 0 Å². The molecule has 4 aromatic rings. The summed E-state index contributed by atoms with van der Waals surface area (Å²) < 4.78 is 6.42. The van der Waals surface area contributed by atoms with Crippen LogP contribution in [-0.4, -0.2) is 10.7 Å². The van der Waals surface area contributed by atoms with Crippen LogP contribution in [0, 0.1) is 0 Å². The SMILES string of the molecule is Clc1ccc([C@@H]2Oc3ccccc3[C@H]3CC(c4cccc5ccccc45)=NN32)cc1. The molecule has 2 atom stereocenters. The number of benzene rings is 4. The van der Waals surface area contributed by atoms with Gasteiger partial charge in [-0.2, -0.15) is 5.10 Å². The highest BCUT2D eigenvalue weighted by Gasteiger charge is 2.41. The van der Waals surface area contributed by atoms with Gasteiger partial charge in [0.2, 0.25) is 6.23 Å². The van der Waals surface area contributed by atoms with Gasteiger partial charge < -0.3 is 4.74 Å². The Kier molecular flexibility index (Phi) is 4.03. The van der Waals surface area contributed by atoms with Crippen molar-refractivity contribution in [2.24, 2.45) is 5.10 Å². The molecule has 0 aromatic heterocycles. The smallest absolute Gasteiger partial charge is 0.213 e. The fourth-order valence-corrected chi connectivity index (χ4v) is 4.65. The molecule has 0 spiro atoms. The second-order valence-corrected chi connectivity index (χ2v) is 8.17. The molecule has 4 heteroatoms. The van der Waals surface area contributed by atoms with Gasteiger partial charge in [0.25, 0.3) is 0 Å². The summed E-state index contributed by atoms with van der Waals surface area (Å²) in [5, 5.41) is 10.4. The molecule has 0 bridgehead atoms. The largest absolute Gasteiger partial charge is 0.464 e. The lowest BCUT2D eigenvalue weighted by molar-refractivity contribution is -0.0190. The van der Waals surface area contributed by atoms with Crippen LogP contribution in [0.1, 0.15) is 35.4 Å². The van der Waals surface area contributed by atoms with E-state index in [2.05, 4.69) is 59.6 Å². The number of ether oxygens (including phenoxy) is 1. The molecule has 0 aliphatic carbocycles. The van der Waals surface area contributed by atoms with Crippen molar-refractivity contribution in [1.82, 2.24) is 5.01 Å². The number of rotatable bonds is 2. The van der Waals surface area contributed by atoms with Crippen LogP contribution in [0.3, 0.4) is 0 Å². The molecule has 30 heavy (non-hydrogen) atoms. The van der Waals surface area contributed by atoms with Crippen LogP contribution in [0.25, 0.3) is 10.8 Å². The highest BCUT2D eigenvalue weighted by molar-refractivity contribution is 6.30. The number of hydrazone groups is 1. The van der Waals surface area contributed by atoms with E-state index in [0.29, 0.717) is 5.02 Å². The fourth-order valence-electron chi connectivity index (χ4n) is 4.52. The van der Waals surface area contributed by atoms with E-state index in [0.717, 1.165) is 23.4 Å². The summed E-state index contributed by atoms with van der Waals surface area (Å²) in [5.74, 6) is 0.924. The van der Waals surface area contributed by atoms with Crippen molar-refractivity contribution in [3.05, 3.63) is 113 Å². The number of hydrogen-bond donors (Lipinski definition) is 0.